The summed E-state index contributed by atoms with van der Waals surface area (Å²) >= 11 is 0. The summed E-state index contributed by atoms with van der Waals surface area (Å²) in [5, 5.41) is 1.22. The average Bonchev–Trinajstić information content (AvgIpc) is 2.79. The largest absolute Gasteiger partial charge is 0.335 e. The summed E-state index contributed by atoms with van der Waals surface area (Å²) in [6.07, 6.45) is 9.33. The number of aromatic nitrogens is 1. The van der Waals surface area contributed by atoms with Gasteiger partial charge in [-0.2, -0.15) is 0 Å². The Balaban J connectivity index is 2.02. The van der Waals surface area contributed by atoms with Gasteiger partial charge in [-0.25, -0.2) is 0 Å². The molecule has 1 atom stereocenters. The number of rotatable bonds is 2. The lowest BCUT2D eigenvalue weighted by Gasteiger charge is -2.32. The number of fused-ring (bicyclic) bond motifs is 1. The number of amides is 1. The topological polar surface area (TPSA) is 25.2 Å². The van der Waals surface area contributed by atoms with Gasteiger partial charge in [0.2, 0.25) is 5.91 Å². The second-order valence-electron chi connectivity index (χ2n) is 5.36. The number of hydrogen-bond acceptors (Lipinski definition) is 1. The zero-order valence-electron chi connectivity index (χ0n) is 11.7. The van der Waals surface area contributed by atoms with E-state index in [4.69, 9.17) is 6.42 Å². The molecule has 0 radical (unpaired) electrons. The number of aryl methyl sites for hydroxylation is 1. The second-order valence-corrected chi connectivity index (χ2v) is 5.36. The highest BCUT2D eigenvalue weighted by Gasteiger charge is 2.30. The van der Waals surface area contributed by atoms with E-state index in [1.54, 1.807) is 4.90 Å². The molecule has 0 bridgehead atoms. The number of piperidine rings is 1. The van der Waals surface area contributed by atoms with Gasteiger partial charge in [0, 0.05) is 23.6 Å². The third kappa shape index (κ3) is 1.98. The second kappa shape index (κ2) is 5.05. The van der Waals surface area contributed by atoms with E-state index in [1.807, 2.05) is 12.1 Å². The Morgan fingerprint density at radius 3 is 3.00 bits per heavy atom. The number of nitrogens with zero attached hydrogens (tertiary/aromatic N) is 2. The van der Waals surface area contributed by atoms with Crippen molar-refractivity contribution in [1.82, 2.24) is 9.47 Å². The number of para-hydroxylation sites is 1. The summed E-state index contributed by atoms with van der Waals surface area (Å²) in [6.45, 7) is 3.27. The number of carbonyl (C=O) groups is 1. The summed E-state index contributed by atoms with van der Waals surface area (Å²) in [5.74, 6) is 2.73. The Bertz CT molecular complexity index is 693. The van der Waals surface area contributed by atoms with Crippen molar-refractivity contribution in [2.75, 3.05) is 13.1 Å². The highest BCUT2D eigenvalue weighted by Crippen LogP contribution is 2.29. The van der Waals surface area contributed by atoms with E-state index in [0.717, 1.165) is 24.9 Å². The fraction of sp³-hybridized carbons (Fsp3) is 0.353. The van der Waals surface area contributed by atoms with E-state index in [-0.39, 0.29) is 11.9 Å². The highest BCUT2D eigenvalue weighted by atomic mass is 16.2. The third-order valence-electron chi connectivity index (χ3n) is 4.06. The Morgan fingerprint density at radius 1 is 1.40 bits per heavy atom. The van der Waals surface area contributed by atoms with Crippen LogP contribution in [0.2, 0.25) is 0 Å². The molecule has 2 aromatic rings. The van der Waals surface area contributed by atoms with Gasteiger partial charge in [-0.15, -0.1) is 6.42 Å². The SMILES string of the molecule is C#CCN1CCCC(n2cc(C)c3ccccc32)C1=O. The van der Waals surface area contributed by atoms with Crippen LogP contribution in [0.1, 0.15) is 24.4 Å². The van der Waals surface area contributed by atoms with Crippen molar-refractivity contribution in [2.24, 2.45) is 0 Å². The summed E-state index contributed by atoms with van der Waals surface area (Å²) in [5.41, 5.74) is 2.34. The Kier molecular flexibility index (Phi) is 3.23. The zero-order valence-corrected chi connectivity index (χ0v) is 11.7. The van der Waals surface area contributed by atoms with Gasteiger partial charge in [-0.1, -0.05) is 24.1 Å². The van der Waals surface area contributed by atoms with E-state index >= 15 is 0 Å². The smallest absolute Gasteiger partial charge is 0.246 e. The number of likely N-dealkylation sites (tertiary alicyclic amines) is 1. The van der Waals surface area contributed by atoms with Crippen molar-refractivity contribution in [3.8, 4) is 12.3 Å². The molecule has 0 saturated carbocycles. The van der Waals surface area contributed by atoms with Crippen LogP contribution in [0.15, 0.2) is 30.5 Å². The molecule has 1 aromatic heterocycles. The van der Waals surface area contributed by atoms with Gasteiger partial charge >= 0.3 is 0 Å². The molecule has 1 aliphatic rings. The van der Waals surface area contributed by atoms with Crippen LogP contribution in [0.3, 0.4) is 0 Å². The van der Waals surface area contributed by atoms with Gasteiger partial charge in [0.25, 0.3) is 0 Å². The third-order valence-corrected chi connectivity index (χ3v) is 4.06. The molecule has 0 aliphatic carbocycles. The molecule has 1 fully saturated rings. The van der Waals surface area contributed by atoms with Gasteiger partial charge in [-0.3, -0.25) is 4.79 Å². The monoisotopic (exact) mass is 266 g/mol. The van der Waals surface area contributed by atoms with Gasteiger partial charge in [-0.05, 0) is 31.4 Å². The van der Waals surface area contributed by atoms with Crippen molar-refractivity contribution < 1.29 is 4.79 Å². The van der Waals surface area contributed by atoms with Crippen LogP contribution in [0.25, 0.3) is 10.9 Å². The molecule has 0 spiro atoms. The van der Waals surface area contributed by atoms with Crippen LogP contribution in [-0.2, 0) is 4.79 Å². The number of carbonyl (C=O) groups excluding carboxylic acids is 1. The molecule has 1 saturated heterocycles. The minimum atomic E-state index is -0.115. The first-order valence-electron chi connectivity index (χ1n) is 7.01. The van der Waals surface area contributed by atoms with Crippen LogP contribution in [0, 0.1) is 19.3 Å². The van der Waals surface area contributed by atoms with Crippen molar-refractivity contribution in [2.45, 2.75) is 25.8 Å². The minimum Gasteiger partial charge on any atom is -0.335 e. The molecule has 1 amide bonds. The maximum absolute atomic E-state index is 12.6. The first-order chi connectivity index (χ1) is 9.72. The molecule has 0 N–H and O–H groups in total. The fourth-order valence-corrected chi connectivity index (χ4v) is 3.08. The first-order valence-corrected chi connectivity index (χ1v) is 7.01. The van der Waals surface area contributed by atoms with Gasteiger partial charge < -0.3 is 9.47 Å². The summed E-state index contributed by atoms with van der Waals surface area (Å²) in [4.78, 5) is 14.4. The van der Waals surface area contributed by atoms with E-state index in [2.05, 4.69) is 35.7 Å². The Hall–Kier alpha value is -2.21. The maximum Gasteiger partial charge on any atom is 0.246 e. The van der Waals surface area contributed by atoms with E-state index in [0.29, 0.717) is 6.54 Å². The van der Waals surface area contributed by atoms with E-state index in [9.17, 15) is 4.79 Å². The molecule has 1 aromatic carbocycles. The summed E-state index contributed by atoms with van der Waals surface area (Å²) < 4.78 is 2.12. The van der Waals surface area contributed by atoms with Gasteiger partial charge in [0.15, 0.2) is 0 Å². The molecule has 3 rings (SSSR count). The molecule has 102 valence electrons. The summed E-state index contributed by atoms with van der Waals surface area (Å²) in [7, 11) is 0. The molecule has 2 heterocycles. The predicted molar refractivity (Wildman–Crippen MR) is 80.4 cm³/mol. The molecule has 3 nitrogen and oxygen atoms in total. The Morgan fingerprint density at radius 2 is 2.20 bits per heavy atom. The van der Waals surface area contributed by atoms with Crippen molar-refractivity contribution in [3.05, 3.63) is 36.0 Å². The van der Waals surface area contributed by atoms with Crippen LogP contribution < -0.4 is 0 Å². The van der Waals surface area contributed by atoms with Crippen LogP contribution >= 0.6 is 0 Å². The molecular formula is C17H18N2O. The number of benzene rings is 1. The zero-order chi connectivity index (χ0) is 14.1. The lowest BCUT2D eigenvalue weighted by Crippen LogP contribution is -2.42. The standard InChI is InChI=1S/C17H18N2O/c1-3-10-18-11-6-9-16(17(18)20)19-12-13(2)14-7-4-5-8-15(14)19/h1,4-5,7-8,12,16H,6,9-11H2,2H3. The summed E-state index contributed by atoms with van der Waals surface area (Å²) in [6, 6.07) is 8.12. The molecule has 1 aliphatic heterocycles. The van der Waals surface area contributed by atoms with Crippen LogP contribution in [0.4, 0.5) is 0 Å². The molecule has 3 heteroatoms. The van der Waals surface area contributed by atoms with Crippen LogP contribution in [-0.4, -0.2) is 28.5 Å². The normalized spacial score (nSPS) is 19.3. The van der Waals surface area contributed by atoms with Crippen molar-refractivity contribution in [3.63, 3.8) is 0 Å². The predicted octanol–water partition coefficient (Wildman–Crippen LogP) is 2.75. The quantitative estimate of drug-likeness (QED) is 0.767. The molecule has 20 heavy (non-hydrogen) atoms. The first kappa shape index (κ1) is 12.8. The van der Waals surface area contributed by atoms with Gasteiger partial charge in [0.05, 0.1) is 6.54 Å². The lowest BCUT2D eigenvalue weighted by atomic mass is 10.0. The van der Waals surface area contributed by atoms with Gasteiger partial charge in [0.1, 0.15) is 6.04 Å². The van der Waals surface area contributed by atoms with Crippen molar-refractivity contribution in [1.29, 1.82) is 0 Å². The fourth-order valence-electron chi connectivity index (χ4n) is 3.08. The number of hydrogen-bond donors (Lipinski definition) is 0. The molecule has 1 unspecified atom stereocenters. The Labute approximate surface area is 119 Å². The lowest BCUT2D eigenvalue weighted by molar-refractivity contribution is -0.136. The van der Waals surface area contributed by atoms with Crippen molar-refractivity contribution >= 4 is 16.8 Å². The maximum atomic E-state index is 12.6. The van der Waals surface area contributed by atoms with Crippen LogP contribution in [0.5, 0.6) is 0 Å². The highest BCUT2D eigenvalue weighted by molar-refractivity contribution is 5.88. The minimum absolute atomic E-state index is 0.115. The molecular weight excluding hydrogens is 248 g/mol. The number of terminal acetylenes is 1. The van der Waals surface area contributed by atoms with E-state index < -0.39 is 0 Å². The average molecular weight is 266 g/mol. The van der Waals surface area contributed by atoms with E-state index in [1.165, 1.54) is 10.9 Å².